The van der Waals surface area contributed by atoms with E-state index in [0.29, 0.717) is 11.4 Å². The van der Waals surface area contributed by atoms with Gasteiger partial charge in [0.05, 0.1) is 18.6 Å². The van der Waals surface area contributed by atoms with Crippen LogP contribution >= 0.6 is 24.0 Å². The molecule has 0 atom stereocenters. The van der Waals surface area contributed by atoms with E-state index < -0.39 is 11.8 Å². The topological polar surface area (TPSA) is 87.7 Å². The van der Waals surface area contributed by atoms with Crippen molar-refractivity contribution in [2.24, 2.45) is 0 Å². The molecule has 1 aliphatic heterocycles. The third kappa shape index (κ3) is 3.50. The van der Waals surface area contributed by atoms with Gasteiger partial charge in [-0.15, -0.1) is 0 Å². The maximum Gasteiger partial charge on any atom is 0.328 e. The Bertz CT molecular complexity index is 604. The number of amides is 3. The fourth-order valence-corrected chi connectivity index (χ4v) is 2.52. The minimum atomic E-state index is -0.987. The zero-order valence-electron chi connectivity index (χ0n) is 10.9. The van der Waals surface area contributed by atoms with Crippen molar-refractivity contribution >= 4 is 51.7 Å². The summed E-state index contributed by atoms with van der Waals surface area (Å²) >= 11 is 6.01. The van der Waals surface area contributed by atoms with Crippen molar-refractivity contribution in [1.29, 1.82) is 0 Å². The van der Waals surface area contributed by atoms with Gasteiger partial charge >= 0.3 is 11.8 Å². The van der Waals surface area contributed by atoms with E-state index in [2.05, 4.69) is 10.7 Å². The first kappa shape index (κ1) is 15.3. The molecule has 0 spiro atoms. The van der Waals surface area contributed by atoms with Gasteiger partial charge in [0, 0.05) is 0 Å². The molecule has 1 aromatic carbocycles. The molecule has 0 radical (unpaired) electrons. The van der Waals surface area contributed by atoms with Gasteiger partial charge in [-0.3, -0.25) is 19.8 Å². The Balaban J connectivity index is 2.01. The molecule has 0 bridgehead atoms. The number of carbonyl (C=O) groups excluding carboxylic acids is 3. The summed E-state index contributed by atoms with van der Waals surface area (Å²) in [6, 6.07) is 6.65. The van der Waals surface area contributed by atoms with Crippen molar-refractivity contribution in [3.8, 4) is 5.75 Å². The molecule has 1 heterocycles. The van der Waals surface area contributed by atoms with Crippen molar-refractivity contribution in [3.63, 3.8) is 0 Å². The average molecular weight is 325 g/mol. The molecular formula is C12H11N3O4S2. The standard InChI is InChI=1S/C12H11N3O4S2/c1-19-8-5-3-2-4-7(8)13-10(17)11(18)14-15-9(16)6-21-12(15)20/h2-5H,6H2,1H3,(H,13,17)(H,14,18). The Morgan fingerprint density at radius 3 is 2.67 bits per heavy atom. The number of carbonyl (C=O) groups is 3. The van der Waals surface area contributed by atoms with E-state index in [1.807, 2.05) is 0 Å². The van der Waals surface area contributed by atoms with Gasteiger partial charge in [0.2, 0.25) is 0 Å². The van der Waals surface area contributed by atoms with Crippen LogP contribution in [-0.2, 0) is 14.4 Å². The number of rotatable bonds is 3. The van der Waals surface area contributed by atoms with E-state index in [9.17, 15) is 14.4 Å². The third-order valence-corrected chi connectivity index (χ3v) is 3.88. The Morgan fingerprint density at radius 1 is 1.33 bits per heavy atom. The maximum atomic E-state index is 11.8. The summed E-state index contributed by atoms with van der Waals surface area (Å²) in [5.74, 6) is -1.72. The van der Waals surface area contributed by atoms with E-state index in [1.54, 1.807) is 24.3 Å². The molecule has 110 valence electrons. The van der Waals surface area contributed by atoms with E-state index >= 15 is 0 Å². The molecular weight excluding hydrogens is 314 g/mol. The van der Waals surface area contributed by atoms with Crippen LogP contribution in [0.4, 0.5) is 5.69 Å². The first-order valence-electron chi connectivity index (χ1n) is 5.77. The van der Waals surface area contributed by atoms with Gasteiger partial charge in [-0.2, -0.15) is 0 Å². The van der Waals surface area contributed by atoms with E-state index in [1.165, 1.54) is 7.11 Å². The van der Waals surface area contributed by atoms with Crippen molar-refractivity contribution < 1.29 is 19.1 Å². The van der Waals surface area contributed by atoms with Crippen molar-refractivity contribution in [2.45, 2.75) is 0 Å². The van der Waals surface area contributed by atoms with Crippen LogP contribution in [0.5, 0.6) is 5.75 Å². The van der Waals surface area contributed by atoms with Crippen LogP contribution in [0.1, 0.15) is 0 Å². The fraction of sp³-hybridized carbons (Fsp3) is 0.167. The third-order valence-electron chi connectivity index (χ3n) is 2.53. The highest BCUT2D eigenvalue weighted by atomic mass is 32.2. The highest BCUT2D eigenvalue weighted by Crippen LogP contribution is 2.23. The summed E-state index contributed by atoms with van der Waals surface area (Å²) in [7, 11) is 1.45. The summed E-state index contributed by atoms with van der Waals surface area (Å²) in [4.78, 5) is 35.0. The number of methoxy groups -OCH3 is 1. The number of para-hydroxylation sites is 2. The SMILES string of the molecule is COc1ccccc1NC(=O)C(=O)NN1C(=O)CSC1=S. The molecule has 7 nitrogen and oxygen atoms in total. The molecule has 2 rings (SSSR count). The zero-order valence-corrected chi connectivity index (χ0v) is 12.5. The predicted molar refractivity (Wildman–Crippen MR) is 81.7 cm³/mol. The second-order valence-electron chi connectivity index (χ2n) is 3.88. The van der Waals surface area contributed by atoms with Crippen LogP contribution in [0, 0.1) is 0 Å². The Kier molecular flexibility index (Phi) is 4.76. The summed E-state index contributed by atoms with van der Waals surface area (Å²) in [6.45, 7) is 0. The second-order valence-corrected chi connectivity index (χ2v) is 5.49. The quantitative estimate of drug-likeness (QED) is 0.622. The zero-order chi connectivity index (χ0) is 15.4. The molecule has 9 heteroatoms. The molecule has 2 N–H and O–H groups in total. The van der Waals surface area contributed by atoms with Crippen LogP contribution in [0.15, 0.2) is 24.3 Å². The number of benzene rings is 1. The van der Waals surface area contributed by atoms with Gasteiger partial charge in [-0.1, -0.05) is 36.1 Å². The lowest BCUT2D eigenvalue weighted by Crippen LogP contribution is -2.49. The Hall–Kier alpha value is -2.13. The molecule has 1 fully saturated rings. The number of ether oxygens (including phenoxy) is 1. The van der Waals surface area contributed by atoms with Crippen LogP contribution < -0.4 is 15.5 Å². The van der Waals surface area contributed by atoms with Gasteiger partial charge < -0.3 is 10.1 Å². The maximum absolute atomic E-state index is 11.8. The number of hydrogen-bond acceptors (Lipinski definition) is 6. The summed E-state index contributed by atoms with van der Waals surface area (Å²) in [5, 5.41) is 3.29. The molecule has 0 saturated carbocycles. The average Bonchev–Trinajstić information content (AvgIpc) is 2.79. The Labute approximate surface area is 130 Å². The number of nitrogens with zero attached hydrogens (tertiary/aromatic N) is 1. The molecule has 21 heavy (non-hydrogen) atoms. The predicted octanol–water partition coefficient (Wildman–Crippen LogP) is 0.525. The smallest absolute Gasteiger partial charge is 0.328 e. The molecule has 0 unspecified atom stereocenters. The summed E-state index contributed by atoms with van der Waals surface area (Å²) < 4.78 is 5.27. The molecule has 1 aliphatic rings. The fourth-order valence-electron chi connectivity index (χ4n) is 1.54. The number of thiocarbonyl (C=S) groups is 1. The molecule has 1 aromatic rings. The van der Waals surface area contributed by atoms with Gasteiger partial charge in [0.15, 0.2) is 4.32 Å². The van der Waals surface area contributed by atoms with Crippen LogP contribution in [0.25, 0.3) is 0 Å². The number of anilines is 1. The van der Waals surface area contributed by atoms with E-state index in [4.69, 9.17) is 17.0 Å². The molecule has 0 aromatic heterocycles. The van der Waals surface area contributed by atoms with Gasteiger partial charge in [-0.05, 0) is 12.1 Å². The van der Waals surface area contributed by atoms with E-state index in [-0.39, 0.29) is 16.0 Å². The van der Waals surface area contributed by atoms with Crippen LogP contribution in [0.3, 0.4) is 0 Å². The van der Waals surface area contributed by atoms with Gasteiger partial charge in [-0.25, -0.2) is 5.01 Å². The van der Waals surface area contributed by atoms with Crippen LogP contribution in [0.2, 0.25) is 0 Å². The van der Waals surface area contributed by atoms with Crippen LogP contribution in [-0.4, -0.2) is 39.9 Å². The van der Waals surface area contributed by atoms with Gasteiger partial charge in [0.1, 0.15) is 5.75 Å². The molecule has 3 amide bonds. The number of hydrogen-bond donors (Lipinski definition) is 2. The minimum absolute atomic E-state index is 0.146. The first-order valence-corrected chi connectivity index (χ1v) is 7.17. The molecule has 0 aliphatic carbocycles. The normalized spacial score (nSPS) is 14.0. The summed E-state index contributed by atoms with van der Waals surface area (Å²) in [6.07, 6.45) is 0. The lowest BCUT2D eigenvalue weighted by atomic mass is 10.3. The number of nitrogens with one attached hydrogen (secondary N) is 2. The highest BCUT2D eigenvalue weighted by Gasteiger charge is 2.30. The lowest BCUT2D eigenvalue weighted by molar-refractivity contribution is -0.141. The first-order chi connectivity index (χ1) is 10.0. The highest BCUT2D eigenvalue weighted by molar-refractivity contribution is 8.23. The van der Waals surface area contributed by atoms with Crippen molar-refractivity contribution in [1.82, 2.24) is 10.4 Å². The largest absolute Gasteiger partial charge is 0.495 e. The van der Waals surface area contributed by atoms with Crippen molar-refractivity contribution in [3.05, 3.63) is 24.3 Å². The minimum Gasteiger partial charge on any atom is -0.495 e. The number of hydrazine groups is 1. The lowest BCUT2D eigenvalue weighted by Gasteiger charge is -2.16. The number of thioether (sulfide) groups is 1. The monoisotopic (exact) mass is 325 g/mol. The van der Waals surface area contributed by atoms with Gasteiger partial charge in [0.25, 0.3) is 5.91 Å². The second kappa shape index (κ2) is 6.55. The van der Waals surface area contributed by atoms with Crippen molar-refractivity contribution in [2.75, 3.05) is 18.2 Å². The summed E-state index contributed by atoms with van der Waals surface area (Å²) in [5.41, 5.74) is 2.52. The van der Waals surface area contributed by atoms with E-state index in [0.717, 1.165) is 16.8 Å². The molecule has 1 saturated heterocycles. The Morgan fingerprint density at radius 2 is 2.05 bits per heavy atom.